The van der Waals surface area contributed by atoms with E-state index in [1.807, 2.05) is 18.2 Å². The number of carbonyl (C=O) groups is 1. The minimum Gasteiger partial charge on any atom is -0.495 e. The van der Waals surface area contributed by atoms with Crippen LogP contribution in [0.15, 0.2) is 24.3 Å². The van der Waals surface area contributed by atoms with Gasteiger partial charge in [0.15, 0.2) is 0 Å². The lowest BCUT2D eigenvalue weighted by atomic mass is 10.1. The molecule has 0 aliphatic carbocycles. The van der Waals surface area contributed by atoms with Crippen molar-refractivity contribution in [2.45, 2.75) is 32.7 Å². The zero-order valence-corrected chi connectivity index (χ0v) is 16.7. The van der Waals surface area contributed by atoms with Gasteiger partial charge >= 0.3 is 0 Å². The van der Waals surface area contributed by atoms with Crippen LogP contribution in [0.4, 0.5) is 5.69 Å². The van der Waals surface area contributed by atoms with E-state index in [-0.39, 0.29) is 11.4 Å². The first kappa shape index (κ1) is 20.5. The second kappa shape index (κ2) is 9.78. The summed E-state index contributed by atoms with van der Waals surface area (Å²) in [6.07, 6.45) is 0.949. The Bertz CT molecular complexity index is 563. The third-order valence-corrected chi connectivity index (χ3v) is 4.50. The van der Waals surface area contributed by atoms with Crippen molar-refractivity contribution < 1.29 is 9.53 Å². The molecular formula is C20H34N4O2. The Kier molecular flexibility index (Phi) is 7.72. The number of nitrogens with zero attached hydrogens (tertiary/aromatic N) is 2. The summed E-state index contributed by atoms with van der Waals surface area (Å²) in [6.45, 7) is 12.2. The molecule has 1 aromatic rings. The van der Waals surface area contributed by atoms with Gasteiger partial charge in [-0.25, -0.2) is 0 Å². The highest BCUT2D eigenvalue weighted by molar-refractivity contribution is 5.78. The maximum absolute atomic E-state index is 12.1. The van der Waals surface area contributed by atoms with Crippen LogP contribution in [-0.2, 0) is 4.79 Å². The molecule has 0 unspecified atom stereocenters. The molecule has 1 aliphatic rings. The Morgan fingerprint density at radius 3 is 2.46 bits per heavy atom. The third-order valence-electron chi connectivity index (χ3n) is 4.50. The van der Waals surface area contributed by atoms with Crippen molar-refractivity contribution >= 4 is 11.6 Å². The number of nitrogens with one attached hydrogen (secondary N) is 2. The second-order valence-corrected chi connectivity index (χ2v) is 7.82. The number of piperazine rings is 1. The molecule has 0 saturated carbocycles. The molecule has 6 heteroatoms. The third kappa shape index (κ3) is 6.84. The van der Waals surface area contributed by atoms with Gasteiger partial charge in [0.2, 0.25) is 5.91 Å². The van der Waals surface area contributed by atoms with Gasteiger partial charge in [-0.1, -0.05) is 12.1 Å². The van der Waals surface area contributed by atoms with Crippen LogP contribution < -0.4 is 20.3 Å². The first-order valence-corrected chi connectivity index (χ1v) is 9.51. The average molecular weight is 363 g/mol. The van der Waals surface area contributed by atoms with Crippen LogP contribution in [0, 0.1) is 0 Å². The zero-order chi connectivity index (χ0) is 19.0. The van der Waals surface area contributed by atoms with Gasteiger partial charge in [-0.3, -0.25) is 9.69 Å². The normalized spacial score (nSPS) is 15.8. The van der Waals surface area contributed by atoms with Crippen molar-refractivity contribution in [3.63, 3.8) is 0 Å². The fraction of sp³-hybridized carbons (Fsp3) is 0.650. The van der Waals surface area contributed by atoms with Crippen molar-refractivity contribution in [2.24, 2.45) is 0 Å². The Morgan fingerprint density at radius 2 is 1.81 bits per heavy atom. The number of para-hydroxylation sites is 2. The SMILES string of the molecule is COc1ccccc1N1CCN(CC(=O)NCCCNC(C)(C)C)CC1. The maximum Gasteiger partial charge on any atom is 0.234 e. The summed E-state index contributed by atoms with van der Waals surface area (Å²) in [5, 5.41) is 6.45. The molecule has 0 bridgehead atoms. The van der Waals surface area contributed by atoms with Crippen molar-refractivity contribution in [3.8, 4) is 5.75 Å². The fourth-order valence-corrected chi connectivity index (χ4v) is 3.08. The number of carbonyl (C=O) groups excluding carboxylic acids is 1. The number of rotatable bonds is 8. The highest BCUT2D eigenvalue weighted by Gasteiger charge is 2.20. The van der Waals surface area contributed by atoms with Crippen LogP contribution in [0.3, 0.4) is 0 Å². The Labute approximate surface area is 157 Å². The van der Waals surface area contributed by atoms with Crippen LogP contribution in [0.25, 0.3) is 0 Å². The lowest BCUT2D eigenvalue weighted by Crippen LogP contribution is -2.49. The van der Waals surface area contributed by atoms with Crippen LogP contribution >= 0.6 is 0 Å². The van der Waals surface area contributed by atoms with E-state index < -0.39 is 0 Å². The lowest BCUT2D eigenvalue weighted by molar-refractivity contribution is -0.122. The fourth-order valence-electron chi connectivity index (χ4n) is 3.08. The summed E-state index contributed by atoms with van der Waals surface area (Å²) in [4.78, 5) is 16.7. The van der Waals surface area contributed by atoms with Crippen molar-refractivity contribution in [1.29, 1.82) is 0 Å². The standard InChI is InChI=1S/C20H34N4O2/c1-20(2,3)22-11-7-10-21-19(25)16-23-12-14-24(15-13-23)17-8-5-6-9-18(17)26-4/h5-6,8-9,22H,7,10-16H2,1-4H3,(H,21,25). The Balaban J connectivity index is 1.66. The van der Waals surface area contributed by atoms with Crippen LogP contribution in [0.1, 0.15) is 27.2 Å². The summed E-state index contributed by atoms with van der Waals surface area (Å²) in [6, 6.07) is 8.10. The monoisotopic (exact) mass is 362 g/mol. The first-order valence-electron chi connectivity index (χ1n) is 9.51. The predicted octanol–water partition coefficient (Wildman–Crippen LogP) is 1.71. The number of amides is 1. The zero-order valence-electron chi connectivity index (χ0n) is 16.7. The van der Waals surface area contributed by atoms with E-state index in [0.29, 0.717) is 6.54 Å². The number of hydrogen-bond donors (Lipinski definition) is 2. The molecule has 6 nitrogen and oxygen atoms in total. The molecule has 1 fully saturated rings. The number of methoxy groups -OCH3 is 1. The molecule has 0 aromatic heterocycles. The van der Waals surface area contributed by atoms with E-state index >= 15 is 0 Å². The van der Waals surface area contributed by atoms with E-state index in [0.717, 1.165) is 57.1 Å². The smallest absolute Gasteiger partial charge is 0.234 e. The topological polar surface area (TPSA) is 56.8 Å². The lowest BCUT2D eigenvalue weighted by Gasteiger charge is -2.36. The van der Waals surface area contributed by atoms with Gasteiger partial charge in [-0.15, -0.1) is 0 Å². The van der Waals surface area contributed by atoms with Crippen LogP contribution in [0.5, 0.6) is 5.75 Å². The molecule has 1 aliphatic heterocycles. The van der Waals surface area contributed by atoms with Gasteiger partial charge in [-0.05, 0) is 45.9 Å². The van der Waals surface area contributed by atoms with Gasteiger partial charge in [-0.2, -0.15) is 0 Å². The highest BCUT2D eigenvalue weighted by atomic mass is 16.5. The molecule has 1 saturated heterocycles. The number of anilines is 1. The molecule has 146 valence electrons. The summed E-state index contributed by atoms with van der Waals surface area (Å²) in [5.74, 6) is 1.02. The number of ether oxygens (including phenoxy) is 1. The summed E-state index contributed by atoms with van der Waals surface area (Å²) < 4.78 is 5.45. The largest absolute Gasteiger partial charge is 0.495 e. The average Bonchev–Trinajstić information content (AvgIpc) is 2.61. The molecular weight excluding hydrogens is 328 g/mol. The van der Waals surface area contributed by atoms with E-state index in [1.54, 1.807) is 7.11 Å². The number of benzene rings is 1. The summed E-state index contributed by atoms with van der Waals surface area (Å²) in [7, 11) is 1.70. The van der Waals surface area contributed by atoms with Crippen LogP contribution in [0.2, 0.25) is 0 Å². The van der Waals surface area contributed by atoms with Crippen molar-refractivity contribution in [2.75, 3.05) is 57.8 Å². The molecule has 0 spiro atoms. The molecule has 26 heavy (non-hydrogen) atoms. The maximum atomic E-state index is 12.1. The molecule has 2 rings (SSSR count). The molecule has 2 N–H and O–H groups in total. The van der Waals surface area contributed by atoms with Crippen molar-refractivity contribution in [1.82, 2.24) is 15.5 Å². The first-order chi connectivity index (χ1) is 12.4. The molecule has 0 radical (unpaired) electrons. The molecule has 1 aromatic carbocycles. The van der Waals surface area contributed by atoms with Gasteiger partial charge in [0, 0.05) is 38.3 Å². The minimum absolute atomic E-state index is 0.117. The van der Waals surface area contributed by atoms with Crippen molar-refractivity contribution in [3.05, 3.63) is 24.3 Å². The van der Waals surface area contributed by atoms with Gasteiger partial charge < -0.3 is 20.3 Å². The molecule has 1 amide bonds. The highest BCUT2D eigenvalue weighted by Crippen LogP contribution is 2.28. The minimum atomic E-state index is 0.117. The van der Waals surface area contributed by atoms with Crippen LogP contribution in [-0.4, -0.2) is 69.3 Å². The van der Waals surface area contributed by atoms with E-state index in [2.05, 4.69) is 47.3 Å². The molecule has 0 atom stereocenters. The quantitative estimate of drug-likeness (QED) is 0.690. The van der Waals surface area contributed by atoms with E-state index in [4.69, 9.17) is 4.74 Å². The van der Waals surface area contributed by atoms with Gasteiger partial charge in [0.1, 0.15) is 5.75 Å². The summed E-state index contributed by atoms with van der Waals surface area (Å²) >= 11 is 0. The second-order valence-electron chi connectivity index (χ2n) is 7.82. The molecule has 1 heterocycles. The Hall–Kier alpha value is -1.79. The summed E-state index contributed by atoms with van der Waals surface area (Å²) in [5.41, 5.74) is 1.26. The number of hydrogen-bond acceptors (Lipinski definition) is 5. The van der Waals surface area contributed by atoms with E-state index in [1.165, 1.54) is 0 Å². The Morgan fingerprint density at radius 1 is 1.12 bits per heavy atom. The van der Waals surface area contributed by atoms with Gasteiger partial charge in [0.25, 0.3) is 0 Å². The predicted molar refractivity (Wildman–Crippen MR) is 107 cm³/mol. The van der Waals surface area contributed by atoms with Gasteiger partial charge in [0.05, 0.1) is 19.3 Å². The van der Waals surface area contributed by atoms with E-state index in [9.17, 15) is 4.79 Å².